The van der Waals surface area contributed by atoms with E-state index in [1.54, 1.807) is 13.2 Å². The summed E-state index contributed by atoms with van der Waals surface area (Å²) in [5.74, 6) is 0.815. The van der Waals surface area contributed by atoms with E-state index in [0.29, 0.717) is 11.6 Å². The summed E-state index contributed by atoms with van der Waals surface area (Å²) in [7, 11) is 1.60. The molecule has 0 saturated carbocycles. The van der Waals surface area contributed by atoms with E-state index in [2.05, 4.69) is 4.98 Å². The van der Waals surface area contributed by atoms with Crippen LogP contribution in [0.1, 0.15) is 11.3 Å². The second-order valence-corrected chi connectivity index (χ2v) is 5.79. The topological polar surface area (TPSA) is 61.6 Å². The monoisotopic (exact) mass is 341 g/mol. The van der Waals surface area contributed by atoms with E-state index in [1.165, 1.54) is 23.7 Å². The molecule has 3 aromatic rings. The summed E-state index contributed by atoms with van der Waals surface area (Å²) < 4.78 is 15.7. The molecule has 2 heterocycles. The van der Waals surface area contributed by atoms with Gasteiger partial charge in [0.15, 0.2) is 0 Å². The predicted molar refractivity (Wildman–Crippen MR) is 91.6 cm³/mol. The molecule has 0 aliphatic rings. The van der Waals surface area contributed by atoms with Crippen molar-refractivity contribution in [2.75, 3.05) is 7.11 Å². The summed E-state index contributed by atoms with van der Waals surface area (Å²) >= 11 is 1.54. The van der Waals surface area contributed by atoms with Gasteiger partial charge in [0.2, 0.25) is 5.89 Å². The van der Waals surface area contributed by atoms with E-state index < -0.39 is 5.97 Å². The minimum atomic E-state index is -0.446. The van der Waals surface area contributed by atoms with Crippen LogP contribution < -0.4 is 4.74 Å². The third kappa shape index (κ3) is 4.11. The molecule has 0 radical (unpaired) electrons. The number of hydrogen-bond acceptors (Lipinski definition) is 6. The molecule has 0 spiro atoms. The van der Waals surface area contributed by atoms with Crippen molar-refractivity contribution in [2.45, 2.75) is 6.61 Å². The number of rotatable bonds is 6. The summed E-state index contributed by atoms with van der Waals surface area (Å²) in [6.45, 7) is 0.0656. The van der Waals surface area contributed by atoms with Gasteiger partial charge in [0, 0.05) is 6.08 Å². The number of aromatic nitrogens is 1. The first-order valence-electron chi connectivity index (χ1n) is 7.22. The van der Waals surface area contributed by atoms with Crippen molar-refractivity contribution in [3.8, 4) is 16.5 Å². The fraction of sp³-hybridized carbons (Fsp3) is 0.111. The lowest BCUT2D eigenvalue weighted by Crippen LogP contribution is -2.00. The minimum absolute atomic E-state index is 0.0656. The predicted octanol–water partition coefficient (Wildman–Crippen LogP) is 4.17. The fourth-order valence-corrected chi connectivity index (χ4v) is 2.64. The van der Waals surface area contributed by atoms with E-state index in [4.69, 9.17) is 13.9 Å². The van der Waals surface area contributed by atoms with Gasteiger partial charge in [-0.2, -0.15) is 0 Å². The lowest BCUT2D eigenvalue weighted by atomic mass is 10.2. The molecular weight excluding hydrogens is 326 g/mol. The number of esters is 1. The lowest BCUT2D eigenvalue weighted by molar-refractivity contribution is -0.139. The maximum Gasteiger partial charge on any atom is 0.331 e. The number of carbonyl (C=O) groups is 1. The zero-order valence-electron chi connectivity index (χ0n) is 13.0. The van der Waals surface area contributed by atoms with Crippen LogP contribution in [0.5, 0.6) is 5.75 Å². The van der Waals surface area contributed by atoms with Gasteiger partial charge in [0.25, 0.3) is 0 Å². The van der Waals surface area contributed by atoms with Crippen molar-refractivity contribution in [2.24, 2.45) is 0 Å². The van der Waals surface area contributed by atoms with E-state index in [9.17, 15) is 4.79 Å². The Labute approximate surface area is 143 Å². The third-order valence-electron chi connectivity index (χ3n) is 3.15. The Morgan fingerprint density at radius 1 is 1.33 bits per heavy atom. The van der Waals surface area contributed by atoms with Gasteiger partial charge < -0.3 is 13.9 Å². The molecule has 3 rings (SSSR count). The molecule has 2 aromatic heterocycles. The molecule has 6 heteroatoms. The average Bonchev–Trinajstić information content (AvgIpc) is 3.29. The Morgan fingerprint density at radius 2 is 2.25 bits per heavy atom. The molecular formula is C18H15NO4S. The first-order chi connectivity index (χ1) is 11.7. The Morgan fingerprint density at radius 3 is 3.04 bits per heavy atom. The number of carbonyl (C=O) groups excluding carboxylic acids is 1. The van der Waals surface area contributed by atoms with Crippen molar-refractivity contribution >= 4 is 23.4 Å². The molecule has 0 aliphatic heterocycles. The first-order valence-corrected chi connectivity index (χ1v) is 8.10. The van der Waals surface area contributed by atoms with Crippen molar-refractivity contribution in [1.82, 2.24) is 4.98 Å². The zero-order valence-corrected chi connectivity index (χ0v) is 13.8. The highest BCUT2D eigenvalue weighted by Gasteiger charge is 2.08. The van der Waals surface area contributed by atoms with Gasteiger partial charge in [-0.15, -0.1) is 11.3 Å². The number of benzene rings is 1. The molecule has 0 aliphatic carbocycles. The van der Waals surface area contributed by atoms with Crippen LogP contribution in [0.2, 0.25) is 0 Å². The summed E-state index contributed by atoms with van der Waals surface area (Å²) in [6.07, 6.45) is 4.54. The van der Waals surface area contributed by atoms with Crippen LogP contribution in [0.4, 0.5) is 0 Å². The van der Waals surface area contributed by atoms with Gasteiger partial charge in [-0.1, -0.05) is 18.2 Å². The molecule has 0 atom stereocenters. The standard InChI is InChI=1S/C18H15NO4S/c1-21-15-5-2-4-13(10-15)7-8-17(20)22-11-14-12-23-18(19-14)16-6-3-9-24-16/h2-10,12H,11H2,1H3/b8-7+. The Hall–Kier alpha value is -2.86. The average molecular weight is 341 g/mol. The molecule has 1 aromatic carbocycles. The molecule has 0 fully saturated rings. The number of oxazole rings is 1. The third-order valence-corrected chi connectivity index (χ3v) is 4.01. The molecule has 24 heavy (non-hydrogen) atoms. The van der Waals surface area contributed by atoms with E-state index in [1.807, 2.05) is 41.8 Å². The molecule has 0 N–H and O–H groups in total. The lowest BCUT2D eigenvalue weighted by Gasteiger charge is -2.00. The Bertz CT molecular complexity index is 836. The van der Waals surface area contributed by atoms with E-state index in [-0.39, 0.29) is 6.61 Å². The van der Waals surface area contributed by atoms with Crippen LogP contribution in [0.25, 0.3) is 16.8 Å². The van der Waals surface area contributed by atoms with Crippen molar-refractivity contribution in [3.05, 3.63) is 65.4 Å². The van der Waals surface area contributed by atoms with Gasteiger partial charge in [0.1, 0.15) is 24.3 Å². The molecule has 5 nitrogen and oxygen atoms in total. The largest absolute Gasteiger partial charge is 0.497 e. The van der Waals surface area contributed by atoms with Gasteiger partial charge in [-0.25, -0.2) is 9.78 Å². The van der Waals surface area contributed by atoms with E-state index in [0.717, 1.165) is 16.2 Å². The number of methoxy groups -OCH3 is 1. The van der Waals surface area contributed by atoms with Crippen molar-refractivity contribution in [3.63, 3.8) is 0 Å². The summed E-state index contributed by atoms with van der Waals surface area (Å²) in [5.41, 5.74) is 1.43. The van der Waals surface area contributed by atoms with Crippen molar-refractivity contribution in [1.29, 1.82) is 0 Å². The maximum absolute atomic E-state index is 11.8. The van der Waals surface area contributed by atoms with Gasteiger partial charge in [0.05, 0.1) is 12.0 Å². The van der Waals surface area contributed by atoms with Gasteiger partial charge >= 0.3 is 5.97 Å². The van der Waals surface area contributed by atoms with Crippen LogP contribution in [0.3, 0.4) is 0 Å². The highest BCUT2D eigenvalue weighted by molar-refractivity contribution is 7.13. The van der Waals surface area contributed by atoms with Crippen LogP contribution in [0, 0.1) is 0 Å². The van der Waals surface area contributed by atoms with Crippen LogP contribution in [-0.4, -0.2) is 18.1 Å². The quantitative estimate of drug-likeness (QED) is 0.497. The zero-order chi connectivity index (χ0) is 16.8. The highest BCUT2D eigenvalue weighted by atomic mass is 32.1. The fourth-order valence-electron chi connectivity index (χ4n) is 1.99. The summed E-state index contributed by atoms with van der Waals surface area (Å²) in [4.78, 5) is 17.0. The van der Waals surface area contributed by atoms with Gasteiger partial charge in [-0.05, 0) is 35.2 Å². The SMILES string of the molecule is COc1cccc(/C=C/C(=O)OCc2coc(-c3cccs3)n2)c1. The van der Waals surface area contributed by atoms with Crippen molar-refractivity contribution < 1.29 is 18.7 Å². The molecule has 0 amide bonds. The minimum Gasteiger partial charge on any atom is -0.497 e. The summed E-state index contributed by atoms with van der Waals surface area (Å²) in [6, 6.07) is 11.2. The van der Waals surface area contributed by atoms with Crippen LogP contribution in [-0.2, 0) is 16.1 Å². The smallest absolute Gasteiger partial charge is 0.331 e. The molecule has 0 saturated heterocycles. The van der Waals surface area contributed by atoms with Crippen LogP contribution >= 0.6 is 11.3 Å². The summed E-state index contributed by atoms with van der Waals surface area (Å²) in [5, 5.41) is 1.95. The number of ether oxygens (including phenoxy) is 2. The Balaban J connectivity index is 1.54. The van der Waals surface area contributed by atoms with E-state index >= 15 is 0 Å². The second-order valence-electron chi connectivity index (χ2n) is 4.84. The van der Waals surface area contributed by atoms with Crippen LogP contribution in [0.15, 0.2) is 58.5 Å². The number of hydrogen-bond donors (Lipinski definition) is 0. The maximum atomic E-state index is 11.8. The van der Waals surface area contributed by atoms with Gasteiger partial charge in [-0.3, -0.25) is 0 Å². The highest BCUT2D eigenvalue weighted by Crippen LogP contribution is 2.23. The molecule has 0 unspecified atom stereocenters. The molecule has 0 bridgehead atoms. The second kappa shape index (κ2) is 7.61. The normalized spacial score (nSPS) is 10.9. The first kappa shape index (κ1) is 16.0. The number of thiophene rings is 1. The number of nitrogens with zero attached hydrogens (tertiary/aromatic N) is 1. The Kier molecular flexibility index (Phi) is 5.08. The molecule has 122 valence electrons.